The largest absolute Gasteiger partial charge is 0.381 e. The van der Waals surface area contributed by atoms with Crippen molar-refractivity contribution in [3.63, 3.8) is 0 Å². The highest BCUT2D eigenvalue weighted by Gasteiger charge is 2.05. The van der Waals surface area contributed by atoms with Gasteiger partial charge in [0.15, 0.2) is 0 Å². The van der Waals surface area contributed by atoms with E-state index in [1.165, 1.54) is 19.3 Å². The van der Waals surface area contributed by atoms with Crippen LogP contribution < -0.4 is 11.1 Å². The van der Waals surface area contributed by atoms with Gasteiger partial charge in [-0.25, -0.2) is 0 Å². The summed E-state index contributed by atoms with van der Waals surface area (Å²) in [5.74, 6) is 0. The molecule has 16 heavy (non-hydrogen) atoms. The molecule has 1 atom stereocenters. The van der Waals surface area contributed by atoms with Crippen LogP contribution >= 0.6 is 15.9 Å². The van der Waals surface area contributed by atoms with Crippen molar-refractivity contribution < 1.29 is 0 Å². The number of hydrogen-bond acceptors (Lipinski definition) is 2. The maximum absolute atomic E-state index is 5.76. The molecule has 1 aromatic rings. The fraction of sp³-hybridized carbons (Fsp3) is 0.538. The van der Waals surface area contributed by atoms with Gasteiger partial charge in [-0.05, 0) is 30.7 Å². The smallest absolute Gasteiger partial charge is 0.0383 e. The molecule has 0 heterocycles. The molecular weight excluding hydrogens is 264 g/mol. The van der Waals surface area contributed by atoms with Crippen LogP contribution in [0.4, 0.5) is 5.69 Å². The third-order valence-electron chi connectivity index (χ3n) is 2.66. The minimum Gasteiger partial charge on any atom is -0.381 e. The third kappa shape index (κ3) is 4.99. The monoisotopic (exact) mass is 284 g/mol. The van der Waals surface area contributed by atoms with Gasteiger partial charge in [-0.15, -0.1) is 0 Å². The molecular formula is C13H21BrN2. The Balaban J connectivity index is 2.40. The molecule has 0 aromatic heterocycles. The lowest BCUT2D eigenvalue weighted by molar-refractivity contribution is 0.591. The van der Waals surface area contributed by atoms with E-state index in [1.807, 2.05) is 12.1 Å². The maximum atomic E-state index is 5.76. The molecule has 2 nitrogen and oxygen atoms in total. The summed E-state index contributed by atoms with van der Waals surface area (Å²) in [4.78, 5) is 0. The highest BCUT2D eigenvalue weighted by atomic mass is 79.9. The van der Waals surface area contributed by atoms with Crippen LogP contribution in [0.25, 0.3) is 0 Å². The van der Waals surface area contributed by atoms with Crippen molar-refractivity contribution in [3.05, 3.63) is 28.7 Å². The van der Waals surface area contributed by atoms with Crippen LogP contribution in [-0.4, -0.2) is 12.6 Å². The van der Waals surface area contributed by atoms with E-state index < -0.39 is 0 Å². The average molecular weight is 285 g/mol. The van der Waals surface area contributed by atoms with Gasteiger partial charge < -0.3 is 11.1 Å². The van der Waals surface area contributed by atoms with Crippen molar-refractivity contribution >= 4 is 21.6 Å². The fourth-order valence-electron chi connectivity index (χ4n) is 1.67. The summed E-state index contributed by atoms with van der Waals surface area (Å²) in [6, 6.07) is 8.64. The van der Waals surface area contributed by atoms with E-state index in [4.69, 9.17) is 5.73 Å². The third-order valence-corrected chi connectivity index (χ3v) is 3.18. The quantitative estimate of drug-likeness (QED) is 0.748. The highest BCUT2D eigenvalue weighted by Crippen LogP contribution is 2.16. The lowest BCUT2D eigenvalue weighted by Crippen LogP contribution is -2.28. The topological polar surface area (TPSA) is 38.0 Å². The van der Waals surface area contributed by atoms with E-state index in [9.17, 15) is 0 Å². The van der Waals surface area contributed by atoms with Gasteiger partial charge >= 0.3 is 0 Å². The summed E-state index contributed by atoms with van der Waals surface area (Å²) in [6.45, 7) is 2.92. The molecule has 1 rings (SSSR count). The average Bonchev–Trinajstić information content (AvgIpc) is 2.31. The number of nitrogens with one attached hydrogen (secondary N) is 1. The van der Waals surface area contributed by atoms with Gasteiger partial charge in [0, 0.05) is 22.7 Å². The molecule has 1 unspecified atom stereocenters. The van der Waals surface area contributed by atoms with E-state index in [0.717, 1.165) is 16.6 Å². The standard InChI is InChI=1S/C13H21BrN2/c1-2-3-4-5-13(10-15)16-12-8-6-11(14)7-9-12/h6-9,13,16H,2-5,10,15H2,1H3. The molecule has 0 saturated heterocycles. The molecule has 3 N–H and O–H groups in total. The van der Waals surface area contributed by atoms with Crippen LogP contribution in [0.15, 0.2) is 28.7 Å². The molecule has 0 aliphatic rings. The van der Waals surface area contributed by atoms with Crippen molar-refractivity contribution in [2.75, 3.05) is 11.9 Å². The number of unbranched alkanes of at least 4 members (excludes halogenated alkanes) is 2. The fourth-order valence-corrected chi connectivity index (χ4v) is 1.94. The van der Waals surface area contributed by atoms with Crippen molar-refractivity contribution in [3.8, 4) is 0 Å². The Kier molecular flexibility index (Phi) is 6.50. The summed E-state index contributed by atoms with van der Waals surface area (Å²) in [7, 11) is 0. The van der Waals surface area contributed by atoms with Crippen LogP contribution in [0, 0.1) is 0 Å². The second-order valence-electron chi connectivity index (χ2n) is 4.08. The number of benzene rings is 1. The van der Waals surface area contributed by atoms with Gasteiger partial charge in [-0.2, -0.15) is 0 Å². The van der Waals surface area contributed by atoms with E-state index >= 15 is 0 Å². The Hall–Kier alpha value is -0.540. The molecule has 0 spiro atoms. The minimum atomic E-state index is 0.396. The number of nitrogens with two attached hydrogens (primary N) is 1. The summed E-state index contributed by atoms with van der Waals surface area (Å²) in [6.07, 6.45) is 4.95. The Morgan fingerprint density at radius 2 is 1.94 bits per heavy atom. The lowest BCUT2D eigenvalue weighted by atomic mass is 10.1. The van der Waals surface area contributed by atoms with E-state index in [1.54, 1.807) is 0 Å². The predicted molar refractivity (Wildman–Crippen MR) is 74.7 cm³/mol. The van der Waals surface area contributed by atoms with Gasteiger partial charge in [0.25, 0.3) is 0 Å². The van der Waals surface area contributed by atoms with Gasteiger partial charge in [-0.3, -0.25) is 0 Å². The summed E-state index contributed by atoms with van der Waals surface area (Å²) in [5.41, 5.74) is 6.91. The molecule has 0 fully saturated rings. The molecule has 0 aliphatic heterocycles. The molecule has 0 aliphatic carbocycles. The lowest BCUT2D eigenvalue weighted by Gasteiger charge is -2.18. The Morgan fingerprint density at radius 3 is 2.50 bits per heavy atom. The van der Waals surface area contributed by atoms with Crippen LogP contribution in [0.5, 0.6) is 0 Å². The molecule has 0 radical (unpaired) electrons. The van der Waals surface area contributed by atoms with Crippen molar-refractivity contribution in [2.24, 2.45) is 5.73 Å². The van der Waals surface area contributed by atoms with Crippen LogP contribution in [-0.2, 0) is 0 Å². The van der Waals surface area contributed by atoms with Gasteiger partial charge in [-0.1, -0.05) is 42.1 Å². The highest BCUT2D eigenvalue weighted by molar-refractivity contribution is 9.10. The summed E-state index contributed by atoms with van der Waals surface area (Å²) in [5, 5.41) is 3.47. The van der Waals surface area contributed by atoms with Crippen molar-refractivity contribution in [1.82, 2.24) is 0 Å². The molecule has 0 bridgehead atoms. The second kappa shape index (κ2) is 7.69. The first-order valence-corrected chi connectivity index (χ1v) is 6.77. The first-order valence-electron chi connectivity index (χ1n) is 5.98. The number of anilines is 1. The van der Waals surface area contributed by atoms with Crippen molar-refractivity contribution in [1.29, 1.82) is 0 Å². The normalized spacial score (nSPS) is 12.4. The van der Waals surface area contributed by atoms with Gasteiger partial charge in [0.05, 0.1) is 0 Å². The Labute approximate surface area is 107 Å². The first kappa shape index (κ1) is 13.5. The molecule has 0 amide bonds. The molecule has 3 heteroatoms. The Bertz CT molecular complexity index is 284. The summed E-state index contributed by atoms with van der Waals surface area (Å²) < 4.78 is 1.10. The zero-order valence-electron chi connectivity index (χ0n) is 9.88. The summed E-state index contributed by atoms with van der Waals surface area (Å²) >= 11 is 3.43. The predicted octanol–water partition coefficient (Wildman–Crippen LogP) is 3.77. The van der Waals surface area contributed by atoms with Crippen molar-refractivity contribution in [2.45, 2.75) is 38.6 Å². The number of halogens is 1. The number of rotatable bonds is 7. The van der Waals surface area contributed by atoms with Gasteiger partial charge in [0.1, 0.15) is 0 Å². The van der Waals surface area contributed by atoms with Crippen LogP contribution in [0.2, 0.25) is 0 Å². The molecule has 90 valence electrons. The molecule has 1 aromatic carbocycles. The van der Waals surface area contributed by atoms with E-state index in [-0.39, 0.29) is 0 Å². The van der Waals surface area contributed by atoms with E-state index in [2.05, 4.69) is 40.3 Å². The zero-order valence-corrected chi connectivity index (χ0v) is 11.5. The SMILES string of the molecule is CCCCCC(CN)Nc1ccc(Br)cc1. The van der Waals surface area contributed by atoms with E-state index in [0.29, 0.717) is 12.6 Å². The zero-order chi connectivity index (χ0) is 11.8. The maximum Gasteiger partial charge on any atom is 0.0383 e. The number of hydrogen-bond donors (Lipinski definition) is 2. The van der Waals surface area contributed by atoms with Crippen LogP contribution in [0.1, 0.15) is 32.6 Å². The molecule has 0 saturated carbocycles. The minimum absolute atomic E-state index is 0.396. The van der Waals surface area contributed by atoms with Gasteiger partial charge in [0.2, 0.25) is 0 Å². The van der Waals surface area contributed by atoms with Crippen LogP contribution in [0.3, 0.4) is 0 Å². The second-order valence-corrected chi connectivity index (χ2v) is 5.00. The first-order chi connectivity index (χ1) is 7.76. The Morgan fingerprint density at radius 1 is 1.25 bits per heavy atom.